The van der Waals surface area contributed by atoms with Gasteiger partial charge in [0.2, 0.25) is 0 Å². The van der Waals surface area contributed by atoms with E-state index in [1.165, 1.54) is 43.9 Å². The lowest BCUT2D eigenvalue weighted by Gasteiger charge is -2.32. The summed E-state index contributed by atoms with van der Waals surface area (Å²) in [5.74, 6) is 0.171. The highest BCUT2D eigenvalue weighted by molar-refractivity contribution is 7.94. The van der Waals surface area contributed by atoms with Crippen LogP contribution in [-0.4, -0.2) is 27.4 Å². The first kappa shape index (κ1) is 37.4. The highest BCUT2D eigenvalue weighted by atomic mass is 32.2. The molecule has 46 heavy (non-hydrogen) atoms. The number of allylic oxidation sites excluding steroid dienone is 1. The smallest absolute Gasteiger partial charge is 0.199 e. The summed E-state index contributed by atoms with van der Waals surface area (Å²) < 4.78 is 38.8. The lowest BCUT2D eigenvalue weighted by atomic mass is 9.80. The van der Waals surface area contributed by atoms with E-state index in [1.807, 2.05) is 67.6 Å². The number of aryl methyl sites for hydroxylation is 1. The van der Waals surface area contributed by atoms with Crippen molar-refractivity contribution < 1.29 is 22.7 Å². The average molecular weight is 647 g/mol. The summed E-state index contributed by atoms with van der Waals surface area (Å²) in [5, 5.41) is 1.27. The van der Waals surface area contributed by atoms with Crippen molar-refractivity contribution in [2.45, 2.75) is 109 Å². The van der Waals surface area contributed by atoms with Gasteiger partial charge in [0, 0.05) is 23.7 Å². The number of unbranched alkanes of at least 4 members (excludes halogenated alkanes) is 8. The van der Waals surface area contributed by atoms with E-state index in [0.717, 1.165) is 36.0 Å². The Bertz CT molecular complexity index is 1340. The van der Waals surface area contributed by atoms with E-state index >= 15 is 0 Å². The maximum absolute atomic E-state index is 13.5. The molecule has 0 aliphatic rings. The van der Waals surface area contributed by atoms with E-state index in [2.05, 4.69) is 6.92 Å². The summed E-state index contributed by atoms with van der Waals surface area (Å²) in [6.07, 6.45) is 13.6. The SMILES string of the molecule is CCCCCCCCCCCC(=O)CC(C/C=C/S(=O)(=O)c1ccc(C)cc1)(COCc1ccccc1)COCc1ccccc1. The predicted molar refractivity (Wildman–Crippen MR) is 188 cm³/mol. The van der Waals surface area contributed by atoms with Crippen LogP contribution in [0.25, 0.3) is 0 Å². The van der Waals surface area contributed by atoms with Crippen LogP contribution >= 0.6 is 0 Å². The molecule has 0 saturated carbocycles. The number of hydrogen-bond acceptors (Lipinski definition) is 5. The number of ether oxygens (including phenoxy) is 2. The molecule has 0 atom stereocenters. The van der Waals surface area contributed by atoms with Gasteiger partial charge in [0.15, 0.2) is 9.84 Å². The molecule has 0 saturated heterocycles. The Labute approximate surface area is 278 Å². The van der Waals surface area contributed by atoms with E-state index in [-0.39, 0.29) is 30.3 Å². The molecule has 0 radical (unpaired) electrons. The van der Waals surface area contributed by atoms with Crippen LogP contribution < -0.4 is 0 Å². The van der Waals surface area contributed by atoms with E-state index in [1.54, 1.807) is 30.3 Å². The van der Waals surface area contributed by atoms with Gasteiger partial charge < -0.3 is 9.47 Å². The largest absolute Gasteiger partial charge is 0.376 e. The zero-order valence-corrected chi connectivity index (χ0v) is 28.8. The van der Waals surface area contributed by atoms with Gasteiger partial charge in [0.1, 0.15) is 5.78 Å². The summed E-state index contributed by atoms with van der Waals surface area (Å²) in [5.41, 5.74) is 2.37. The van der Waals surface area contributed by atoms with Crippen LogP contribution in [0, 0.1) is 12.3 Å². The van der Waals surface area contributed by atoms with Crippen LogP contribution in [0.3, 0.4) is 0 Å². The second-order valence-corrected chi connectivity index (χ2v) is 14.5. The molecule has 0 spiro atoms. The first-order valence-electron chi connectivity index (χ1n) is 17.1. The van der Waals surface area contributed by atoms with Crippen LogP contribution in [0.15, 0.2) is 101 Å². The van der Waals surface area contributed by atoms with Gasteiger partial charge in [0.25, 0.3) is 0 Å². The fourth-order valence-electron chi connectivity index (χ4n) is 5.62. The fourth-order valence-corrected chi connectivity index (χ4v) is 6.65. The van der Waals surface area contributed by atoms with Crippen molar-refractivity contribution in [2.75, 3.05) is 13.2 Å². The first-order valence-corrected chi connectivity index (χ1v) is 18.6. The summed E-state index contributed by atoms with van der Waals surface area (Å²) >= 11 is 0. The number of rotatable bonds is 24. The van der Waals surface area contributed by atoms with Crippen molar-refractivity contribution >= 4 is 15.6 Å². The Morgan fingerprint density at radius 2 is 1.20 bits per heavy atom. The minimum absolute atomic E-state index is 0.171. The molecule has 3 aromatic carbocycles. The van der Waals surface area contributed by atoms with Crippen molar-refractivity contribution in [3.05, 3.63) is 113 Å². The molecular formula is C40H54O5S. The number of ketones is 1. The van der Waals surface area contributed by atoms with Gasteiger partial charge >= 0.3 is 0 Å². The Balaban J connectivity index is 1.71. The second kappa shape index (κ2) is 20.9. The maximum atomic E-state index is 13.5. The quantitative estimate of drug-likeness (QED) is 0.0906. The van der Waals surface area contributed by atoms with Gasteiger partial charge in [-0.05, 0) is 43.0 Å². The normalized spacial score (nSPS) is 12.1. The van der Waals surface area contributed by atoms with E-state index in [4.69, 9.17) is 9.47 Å². The minimum Gasteiger partial charge on any atom is -0.376 e. The third-order valence-electron chi connectivity index (χ3n) is 8.35. The van der Waals surface area contributed by atoms with E-state index in [0.29, 0.717) is 26.1 Å². The molecule has 0 amide bonds. The Hall–Kier alpha value is -3.06. The molecule has 0 N–H and O–H groups in total. The van der Waals surface area contributed by atoms with Crippen LogP contribution in [0.2, 0.25) is 0 Å². The molecule has 0 aromatic heterocycles. The number of Topliss-reactive ketones (excluding diaryl/α,β-unsaturated/α-hetero) is 1. The third kappa shape index (κ3) is 14.6. The van der Waals surface area contributed by atoms with E-state index < -0.39 is 15.3 Å². The van der Waals surface area contributed by atoms with Crippen LogP contribution in [0.5, 0.6) is 0 Å². The van der Waals surface area contributed by atoms with Gasteiger partial charge in [-0.15, -0.1) is 0 Å². The highest BCUT2D eigenvalue weighted by Gasteiger charge is 2.33. The lowest BCUT2D eigenvalue weighted by molar-refractivity contribution is -0.125. The molecular weight excluding hydrogens is 593 g/mol. The van der Waals surface area contributed by atoms with Crippen molar-refractivity contribution in [1.82, 2.24) is 0 Å². The number of hydrogen-bond donors (Lipinski definition) is 0. The number of carbonyl (C=O) groups excluding carboxylic acids is 1. The zero-order chi connectivity index (χ0) is 32.9. The zero-order valence-electron chi connectivity index (χ0n) is 28.0. The first-order chi connectivity index (χ1) is 22.3. The maximum Gasteiger partial charge on any atom is 0.199 e. The molecule has 5 nitrogen and oxygen atoms in total. The van der Waals surface area contributed by atoms with Crippen molar-refractivity contribution in [3.63, 3.8) is 0 Å². The molecule has 0 bridgehead atoms. The Kier molecular flexibility index (Phi) is 17.0. The van der Waals surface area contributed by atoms with Crippen LogP contribution in [0.4, 0.5) is 0 Å². The summed E-state index contributed by atoms with van der Waals surface area (Å²) in [4.78, 5) is 13.7. The number of sulfone groups is 1. The topological polar surface area (TPSA) is 69.7 Å². The highest BCUT2D eigenvalue weighted by Crippen LogP contribution is 2.32. The molecule has 250 valence electrons. The molecule has 3 aromatic rings. The van der Waals surface area contributed by atoms with Gasteiger partial charge in [-0.3, -0.25) is 4.79 Å². The summed E-state index contributed by atoms with van der Waals surface area (Å²) in [6.45, 7) is 5.51. The molecule has 3 rings (SSSR count). The molecule has 0 heterocycles. The molecule has 0 unspecified atom stereocenters. The number of carbonyl (C=O) groups is 1. The van der Waals surface area contributed by atoms with Crippen molar-refractivity contribution in [2.24, 2.45) is 5.41 Å². The predicted octanol–water partition coefficient (Wildman–Crippen LogP) is 9.97. The third-order valence-corrected chi connectivity index (χ3v) is 9.83. The monoisotopic (exact) mass is 646 g/mol. The van der Waals surface area contributed by atoms with Gasteiger partial charge in [0.05, 0.1) is 31.3 Å². The molecule has 0 aliphatic heterocycles. The lowest BCUT2D eigenvalue weighted by Crippen LogP contribution is -2.35. The van der Waals surface area contributed by atoms with Crippen LogP contribution in [0.1, 0.15) is 101 Å². The number of benzene rings is 3. The summed E-state index contributed by atoms with van der Waals surface area (Å²) in [6, 6.07) is 26.7. The van der Waals surface area contributed by atoms with Gasteiger partial charge in [-0.25, -0.2) is 8.42 Å². The van der Waals surface area contributed by atoms with E-state index in [9.17, 15) is 13.2 Å². The molecule has 0 aliphatic carbocycles. The summed E-state index contributed by atoms with van der Waals surface area (Å²) in [7, 11) is -3.63. The average Bonchev–Trinajstić information content (AvgIpc) is 3.05. The standard InChI is InChI=1S/C40H54O5S/c1-3-4-5-6-7-8-9-10-17-23-38(41)30-40(33-44-31-36-19-13-11-14-20-36,34-45-32-37-21-15-12-16-22-37)28-18-29-46(42,43)39-26-24-35(2)25-27-39/h11-16,18-22,24-27,29H,3-10,17,23,28,30-34H2,1-2H3/b29-18+. The van der Waals surface area contributed by atoms with Crippen molar-refractivity contribution in [3.8, 4) is 0 Å². The minimum atomic E-state index is -3.63. The molecule has 0 fully saturated rings. The van der Waals surface area contributed by atoms with Crippen molar-refractivity contribution in [1.29, 1.82) is 0 Å². The molecule has 6 heteroatoms. The van der Waals surface area contributed by atoms with Gasteiger partial charge in [-0.2, -0.15) is 0 Å². The van der Waals surface area contributed by atoms with Gasteiger partial charge in [-0.1, -0.05) is 143 Å². The van der Waals surface area contributed by atoms with Crippen LogP contribution in [-0.2, 0) is 37.3 Å². The fraction of sp³-hybridized carbons (Fsp3) is 0.475. The Morgan fingerprint density at radius 3 is 1.72 bits per heavy atom. The Morgan fingerprint density at radius 1 is 0.696 bits per heavy atom. The second-order valence-electron chi connectivity index (χ2n) is 12.7.